The SMILES string of the molecule is CNCCN(C)CCOC.[HH].[HH]. The maximum Gasteiger partial charge on any atom is 0.0589 e. The van der Waals surface area contributed by atoms with E-state index in [4.69, 9.17) is 4.74 Å². The Balaban J connectivity index is -0.000000405. The maximum atomic E-state index is 4.93. The first-order chi connectivity index (χ1) is 4.81. The number of nitrogens with zero attached hydrogens (tertiary/aromatic N) is 1. The van der Waals surface area contributed by atoms with Crippen LogP contribution in [-0.4, -0.2) is 52.3 Å². The van der Waals surface area contributed by atoms with Gasteiger partial charge < -0.3 is 15.0 Å². The van der Waals surface area contributed by atoms with Gasteiger partial charge in [0, 0.05) is 29.6 Å². The first kappa shape index (κ1) is 9.88. The van der Waals surface area contributed by atoms with Crippen molar-refractivity contribution in [3.63, 3.8) is 0 Å². The summed E-state index contributed by atoms with van der Waals surface area (Å²) in [4.78, 5) is 2.24. The molecule has 0 saturated carbocycles. The topological polar surface area (TPSA) is 24.5 Å². The minimum absolute atomic E-state index is 0. The molecule has 0 amide bonds. The Morgan fingerprint density at radius 3 is 2.70 bits per heavy atom. The Morgan fingerprint density at radius 2 is 2.20 bits per heavy atom. The molecule has 0 radical (unpaired) electrons. The number of hydrogen-bond acceptors (Lipinski definition) is 3. The van der Waals surface area contributed by atoms with E-state index < -0.39 is 0 Å². The Kier molecular flexibility index (Phi) is 6.91. The number of rotatable bonds is 6. The molecular weight excluding hydrogens is 128 g/mol. The highest BCUT2D eigenvalue weighted by molar-refractivity contribution is 4.50. The minimum atomic E-state index is 0. The molecule has 0 bridgehead atoms. The third kappa shape index (κ3) is 6.01. The van der Waals surface area contributed by atoms with Gasteiger partial charge in [-0.1, -0.05) is 0 Å². The van der Waals surface area contributed by atoms with Crippen LogP contribution >= 0.6 is 0 Å². The van der Waals surface area contributed by atoms with E-state index in [-0.39, 0.29) is 2.85 Å². The van der Waals surface area contributed by atoms with Crippen molar-refractivity contribution in [2.45, 2.75) is 0 Å². The molecule has 10 heavy (non-hydrogen) atoms. The van der Waals surface area contributed by atoms with Gasteiger partial charge >= 0.3 is 0 Å². The van der Waals surface area contributed by atoms with Crippen molar-refractivity contribution in [2.75, 3.05) is 47.4 Å². The van der Waals surface area contributed by atoms with E-state index in [1.165, 1.54) is 0 Å². The molecule has 0 aromatic carbocycles. The molecule has 0 spiro atoms. The summed E-state index contributed by atoms with van der Waals surface area (Å²) in [6.07, 6.45) is 0. The zero-order valence-corrected chi connectivity index (χ0v) is 7.18. The fraction of sp³-hybridized carbons (Fsp3) is 1.00. The fourth-order valence-corrected chi connectivity index (χ4v) is 0.662. The van der Waals surface area contributed by atoms with Gasteiger partial charge in [0.1, 0.15) is 0 Å². The summed E-state index contributed by atoms with van der Waals surface area (Å²) in [5.41, 5.74) is 0. The predicted molar refractivity (Wildman–Crippen MR) is 47.5 cm³/mol. The van der Waals surface area contributed by atoms with Crippen LogP contribution in [0.15, 0.2) is 0 Å². The van der Waals surface area contributed by atoms with E-state index in [0.717, 1.165) is 26.2 Å². The van der Waals surface area contributed by atoms with Crippen LogP contribution in [0.5, 0.6) is 0 Å². The third-order valence-corrected chi connectivity index (χ3v) is 1.42. The molecule has 0 saturated heterocycles. The molecule has 66 valence electrons. The highest BCUT2D eigenvalue weighted by Gasteiger charge is 1.94. The van der Waals surface area contributed by atoms with Gasteiger partial charge in [0.25, 0.3) is 0 Å². The summed E-state index contributed by atoms with van der Waals surface area (Å²) < 4.78 is 4.93. The molecule has 3 heteroatoms. The fourth-order valence-electron chi connectivity index (χ4n) is 0.662. The lowest BCUT2D eigenvalue weighted by molar-refractivity contribution is 0.162. The van der Waals surface area contributed by atoms with Gasteiger partial charge in [0.05, 0.1) is 6.61 Å². The zero-order valence-electron chi connectivity index (χ0n) is 7.18. The van der Waals surface area contributed by atoms with Gasteiger partial charge in [-0.05, 0) is 14.1 Å². The number of hydrogen-bond donors (Lipinski definition) is 1. The zero-order chi connectivity index (χ0) is 7.82. The van der Waals surface area contributed by atoms with Crippen LogP contribution in [0.1, 0.15) is 2.85 Å². The molecule has 1 N–H and O–H groups in total. The van der Waals surface area contributed by atoms with Crippen molar-refractivity contribution in [2.24, 2.45) is 0 Å². The van der Waals surface area contributed by atoms with Crippen molar-refractivity contribution in [1.29, 1.82) is 0 Å². The number of ether oxygens (including phenoxy) is 1. The van der Waals surface area contributed by atoms with Crippen LogP contribution in [0.2, 0.25) is 0 Å². The van der Waals surface area contributed by atoms with Crippen molar-refractivity contribution < 1.29 is 7.59 Å². The van der Waals surface area contributed by atoms with Crippen LogP contribution in [0, 0.1) is 0 Å². The molecular formula is C7H22N2O. The maximum absolute atomic E-state index is 4.93. The van der Waals surface area contributed by atoms with E-state index in [2.05, 4.69) is 17.3 Å². The molecule has 0 aliphatic heterocycles. The first-order valence-electron chi connectivity index (χ1n) is 3.63. The largest absolute Gasteiger partial charge is 0.383 e. The molecule has 0 unspecified atom stereocenters. The Labute approximate surface area is 66.3 Å². The van der Waals surface area contributed by atoms with E-state index in [1.54, 1.807) is 7.11 Å². The van der Waals surface area contributed by atoms with Crippen LogP contribution in [0.25, 0.3) is 0 Å². The van der Waals surface area contributed by atoms with E-state index in [1.807, 2.05) is 7.05 Å². The van der Waals surface area contributed by atoms with E-state index in [0.29, 0.717) is 0 Å². The van der Waals surface area contributed by atoms with Crippen molar-refractivity contribution in [3.05, 3.63) is 0 Å². The molecule has 0 aromatic rings. The molecule has 0 aliphatic carbocycles. The Hall–Kier alpha value is -0.120. The molecule has 0 fully saturated rings. The van der Waals surface area contributed by atoms with Crippen molar-refractivity contribution in [1.82, 2.24) is 10.2 Å². The summed E-state index contributed by atoms with van der Waals surface area (Å²) >= 11 is 0. The first-order valence-corrected chi connectivity index (χ1v) is 3.63. The van der Waals surface area contributed by atoms with E-state index in [9.17, 15) is 0 Å². The highest BCUT2D eigenvalue weighted by atomic mass is 16.5. The Bertz CT molecular complexity index is 68.4. The monoisotopic (exact) mass is 150 g/mol. The minimum Gasteiger partial charge on any atom is -0.383 e. The summed E-state index contributed by atoms with van der Waals surface area (Å²) in [5, 5.41) is 3.09. The van der Waals surface area contributed by atoms with Crippen LogP contribution in [-0.2, 0) is 4.74 Å². The molecule has 0 rings (SSSR count). The second kappa shape index (κ2) is 6.99. The lowest BCUT2D eigenvalue weighted by Gasteiger charge is -2.14. The average Bonchev–Trinajstić information content (AvgIpc) is 1.97. The number of methoxy groups -OCH3 is 1. The van der Waals surface area contributed by atoms with Crippen molar-refractivity contribution >= 4 is 0 Å². The normalized spacial score (nSPS) is 10.8. The Morgan fingerprint density at radius 1 is 1.50 bits per heavy atom. The number of nitrogens with one attached hydrogen (secondary N) is 1. The van der Waals surface area contributed by atoms with Gasteiger partial charge in [-0.15, -0.1) is 0 Å². The number of likely N-dealkylation sites (N-methyl/N-ethyl adjacent to an activating group) is 2. The summed E-state index contributed by atoms with van der Waals surface area (Å²) in [6, 6.07) is 0. The van der Waals surface area contributed by atoms with Gasteiger partial charge in [-0.3, -0.25) is 0 Å². The van der Waals surface area contributed by atoms with E-state index >= 15 is 0 Å². The highest BCUT2D eigenvalue weighted by Crippen LogP contribution is 1.79. The molecule has 0 heterocycles. The van der Waals surface area contributed by atoms with Crippen molar-refractivity contribution in [3.8, 4) is 0 Å². The lowest BCUT2D eigenvalue weighted by Crippen LogP contribution is -2.29. The molecule has 0 aromatic heterocycles. The van der Waals surface area contributed by atoms with Gasteiger partial charge in [0.2, 0.25) is 0 Å². The smallest absolute Gasteiger partial charge is 0.0589 e. The summed E-state index contributed by atoms with van der Waals surface area (Å²) in [5.74, 6) is 0. The second-order valence-electron chi connectivity index (χ2n) is 2.40. The third-order valence-electron chi connectivity index (χ3n) is 1.42. The molecule has 0 atom stereocenters. The van der Waals surface area contributed by atoms with Crippen LogP contribution in [0.3, 0.4) is 0 Å². The standard InChI is InChI=1S/C7H18N2O.2H2/c1-8-4-5-9(2)6-7-10-3;;/h8H,4-7H2,1-3H3;2*1H. The van der Waals surface area contributed by atoms with Crippen LogP contribution in [0.4, 0.5) is 0 Å². The predicted octanol–water partition coefficient (Wildman–Crippen LogP) is 0.276. The van der Waals surface area contributed by atoms with Gasteiger partial charge in [-0.25, -0.2) is 0 Å². The summed E-state index contributed by atoms with van der Waals surface area (Å²) in [6.45, 7) is 3.96. The lowest BCUT2D eigenvalue weighted by atomic mass is 10.5. The second-order valence-corrected chi connectivity index (χ2v) is 2.40. The molecule has 0 aliphatic rings. The van der Waals surface area contributed by atoms with Gasteiger partial charge in [0.15, 0.2) is 0 Å². The van der Waals surface area contributed by atoms with Crippen LogP contribution < -0.4 is 5.32 Å². The molecule has 3 nitrogen and oxygen atoms in total. The summed E-state index contributed by atoms with van der Waals surface area (Å²) in [7, 11) is 5.78. The average molecular weight is 150 g/mol. The van der Waals surface area contributed by atoms with Gasteiger partial charge in [-0.2, -0.15) is 0 Å². The quantitative estimate of drug-likeness (QED) is 0.588.